The normalized spacial score (nSPS) is 11.8. The van der Waals surface area contributed by atoms with E-state index in [1.165, 1.54) is 33.4 Å². The van der Waals surface area contributed by atoms with Gasteiger partial charge in [0.1, 0.15) is 23.0 Å². The highest BCUT2D eigenvalue weighted by atomic mass is 16.5. The molecule has 414 valence electrons. The molecule has 0 radical (unpaired) electrons. The van der Waals surface area contributed by atoms with Gasteiger partial charge in [0.25, 0.3) is 0 Å². The predicted molar refractivity (Wildman–Crippen MR) is 326 cm³/mol. The number of phenolic OH excluding ortho intramolecular Hbond substituents is 3. The first-order valence-electron chi connectivity index (χ1n) is 23.9. The molecule has 71 heavy (non-hydrogen) atoms. The molecule has 0 heterocycles. The maximum atomic E-state index is 10.4. The van der Waals surface area contributed by atoms with Crippen molar-refractivity contribution >= 4 is 0 Å². The second-order valence-corrected chi connectivity index (χ2v) is 27.0. The fourth-order valence-corrected chi connectivity index (χ4v) is 7.87. The zero-order valence-corrected chi connectivity index (χ0v) is 47.4. The Morgan fingerprint density at radius 1 is 0.254 bits per heavy atom. The van der Waals surface area contributed by atoms with Crippen LogP contribution in [0.3, 0.4) is 0 Å². The third-order valence-electron chi connectivity index (χ3n) is 11.7. The molecule has 0 amide bonds. The average molecular weight is 992 g/mol. The summed E-state index contributed by atoms with van der Waals surface area (Å²) in [6.07, 6.45) is 0. The SMILES string of the molecule is C.C.C.C.C.C.COc1c(C(C)(C)C)cc(C)cc1C(C)(C)C.Cc1cc(C(C)(C)C)c(O)c(C(C)(C)C)c1.Cc1cc(C(C)(C)C)c(O)c(C(C)(C)C)c1.Cc1cc(C(C)(C)C)c(O)c(C(C)(C)C)c1. The van der Waals surface area contributed by atoms with E-state index in [0.717, 1.165) is 39.1 Å². The van der Waals surface area contributed by atoms with Crippen molar-refractivity contribution in [2.75, 3.05) is 7.11 Å². The van der Waals surface area contributed by atoms with E-state index >= 15 is 0 Å². The lowest BCUT2D eigenvalue weighted by atomic mass is 9.78. The van der Waals surface area contributed by atoms with Crippen LogP contribution in [-0.4, -0.2) is 22.4 Å². The van der Waals surface area contributed by atoms with Crippen molar-refractivity contribution in [1.82, 2.24) is 0 Å². The molecule has 0 saturated carbocycles. The molecule has 4 aromatic rings. The molecule has 4 aromatic carbocycles. The minimum atomic E-state index is -0.0178. The van der Waals surface area contributed by atoms with Crippen molar-refractivity contribution in [2.24, 2.45) is 0 Å². The molecule has 0 fully saturated rings. The molecule has 0 bridgehead atoms. The summed E-state index contributed by atoms with van der Waals surface area (Å²) < 4.78 is 5.68. The van der Waals surface area contributed by atoms with Gasteiger partial charge in [0.15, 0.2) is 0 Å². The summed E-state index contributed by atoms with van der Waals surface area (Å²) in [7, 11) is 1.77. The summed E-state index contributed by atoms with van der Waals surface area (Å²) in [5.74, 6) is 2.44. The van der Waals surface area contributed by atoms with Gasteiger partial charge in [0.2, 0.25) is 0 Å². The highest BCUT2D eigenvalue weighted by Gasteiger charge is 2.29. The minimum Gasteiger partial charge on any atom is -0.507 e. The Balaban J connectivity index is -0.000000193. The number of aromatic hydroxyl groups is 3. The first-order chi connectivity index (χ1) is 28.7. The monoisotopic (exact) mass is 991 g/mol. The van der Waals surface area contributed by atoms with Gasteiger partial charge in [-0.25, -0.2) is 0 Å². The van der Waals surface area contributed by atoms with Crippen molar-refractivity contribution in [2.45, 2.75) is 282 Å². The molecule has 0 atom stereocenters. The molecule has 4 heteroatoms. The summed E-state index contributed by atoms with van der Waals surface area (Å²) in [6.45, 7) is 60.2. The number of hydrogen-bond acceptors (Lipinski definition) is 4. The third-order valence-corrected chi connectivity index (χ3v) is 11.7. The molecule has 0 aliphatic rings. The molecular formula is C67H122O4. The lowest BCUT2D eigenvalue weighted by molar-refractivity contribution is 0.381. The largest absolute Gasteiger partial charge is 0.507 e. The minimum absolute atomic E-state index is 0. The van der Waals surface area contributed by atoms with Gasteiger partial charge in [-0.15, -0.1) is 0 Å². The van der Waals surface area contributed by atoms with Gasteiger partial charge in [-0.05, 0) is 104 Å². The standard InChI is InChI=1S/C16H26O.3C15H24O.6CH4/c1-11-9-12(15(2,3)4)14(17-8)13(10-11)16(5,6)7;3*1-10-8-11(14(2,3)4)13(16)12(9-10)15(5,6)7;;;;;;/h9-10H,1-8H3;3*8-9,16H,1-7H3;6*1H4. The van der Waals surface area contributed by atoms with Crippen LogP contribution in [0.2, 0.25) is 0 Å². The molecule has 0 saturated heterocycles. The third kappa shape index (κ3) is 22.4. The number of ether oxygens (including phenoxy) is 1. The lowest BCUT2D eigenvalue weighted by Crippen LogP contribution is -2.19. The first-order valence-corrected chi connectivity index (χ1v) is 23.9. The number of hydrogen-bond donors (Lipinski definition) is 3. The average Bonchev–Trinajstić information content (AvgIpc) is 3.07. The predicted octanol–water partition coefficient (Wildman–Crippen LogP) is 21.3. The Morgan fingerprint density at radius 2 is 0.366 bits per heavy atom. The van der Waals surface area contributed by atoms with Crippen molar-refractivity contribution < 1.29 is 20.1 Å². The van der Waals surface area contributed by atoms with E-state index in [1.807, 2.05) is 0 Å². The van der Waals surface area contributed by atoms with Crippen LogP contribution in [0, 0.1) is 27.7 Å². The van der Waals surface area contributed by atoms with E-state index in [2.05, 4.69) is 242 Å². The Kier molecular flexibility index (Phi) is 30.3. The quantitative estimate of drug-likeness (QED) is 0.178. The van der Waals surface area contributed by atoms with Gasteiger partial charge in [-0.1, -0.05) is 282 Å². The Hall–Kier alpha value is -3.92. The first kappa shape index (κ1) is 78.5. The summed E-state index contributed by atoms with van der Waals surface area (Å²) in [5.41, 5.74) is 13.9. The van der Waals surface area contributed by atoms with Gasteiger partial charge in [0, 0.05) is 11.1 Å². The van der Waals surface area contributed by atoms with Crippen LogP contribution in [0.15, 0.2) is 48.5 Å². The highest BCUT2D eigenvalue weighted by molar-refractivity contribution is 5.53. The summed E-state index contributed by atoms with van der Waals surface area (Å²) in [5, 5.41) is 31.2. The molecule has 0 unspecified atom stereocenters. The Bertz CT molecular complexity index is 1880. The van der Waals surface area contributed by atoms with Crippen LogP contribution < -0.4 is 4.74 Å². The fourth-order valence-electron chi connectivity index (χ4n) is 7.87. The molecule has 0 spiro atoms. The zero-order chi connectivity index (χ0) is 51.6. The van der Waals surface area contributed by atoms with Crippen LogP contribution in [0.4, 0.5) is 0 Å². The second kappa shape index (κ2) is 27.4. The molecular weight excluding hydrogens is 869 g/mol. The van der Waals surface area contributed by atoms with Gasteiger partial charge < -0.3 is 20.1 Å². The molecule has 0 aromatic heterocycles. The molecule has 3 N–H and O–H groups in total. The van der Waals surface area contributed by atoms with Crippen molar-refractivity contribution in [3.05, 3.63) is 115 Å². The molecule has 0 aliphatic carbocycles. The van der Waals surface area contributed by atoms with Gasteiger partial charge >= 0.3 is 0 Å². The van der Waals surface area contributed by atoms with Gasteiger partial charge in [-0.3, -0.25) is 0 Å². The van der Waals surface area contributed by atoms with E-state index in [4.69, 9.17) is 4.74 Å². The maximum Gasteiger partial charge on any atom is 0.126 e. The Labute approximate surface area is 445 Å². The van der Waals surface area contributed by atoms with E-state index in [-0.39, 0.29) is 87.9 Å². The molecule has 0 aliphatic heterocycles. The van der Waals surface area contributed by atoms with E-state index in [1.54, 1.807) is 7.11 Å². The number of benzene rings is 4. The van der Waals surface area contributed by atoms with Crippen LogP contribution in [0.1, 0.15) is 277 Å². The smallest absolute Gasteiger partial charge is 0.126 e. The fraction of sp³-hybridized carbons (Fsp3) is 0.642. The van der Waals surface area contributed by atoms with E-state index in [9.17, 15) is 15.3 Å². The van der Waals surface area contributed by atoms with Gasteiger partial charge in [0.05, 0.1) is 7.11 Å². The van der Waals surface area contributed by atoms with Gasteiger partial charge in [-0.2, -0.15) is 0 Å². The summed E-state index contributed by atoms with van der Waals surface area (Å²) in [6, 6.07) is 17.0. The van der Waals surface area contributed by atoms with E-state index < -0.39 is 0 Å². The van der Waals surface area contributed by atoms with Crippen LogP contribution in [0.25, 0.3) is 0 Å². The number of methoxy groups -OCH3 is 1. The van der Waals surface area contributed by atoms with Crippen LogP contribution in [0.5, 0.6) is 23.0 Å². The lowest BCUT2D eigenvalue weighted by Gasteiger charge is -2.29. The van der Waals surface area contributed by atoms with E-state index in [0.29, 0.717) is 17.2 Å². The molecule has 4 nitrogen and oxygen atoms in total. The number of phenols is 3. The topological polar surface area (TPSA) is 69.9 Å². The summed E-state index contributed by atoms with van der Waals surface area (Å²) in [4.78, 5) is 0. The van der Waals surface area contributed by atoms with Crippen molar-refractivity contribution in [1.29, 1.82) is 0 Å². The number of rotatable bonds is 1. The van der Waals surface area contributed by atoms with Crippen LogP contribution in [-0.2, 0) is 43.3 Å². The Morgan fingerprint density at radius 3 is 0.465 bits per heavy atom. The zero-order valence-electron chi connectivity index (χ0n) is 47.4. The van der Waals surface area contributed by atoms with Crippen molar-refractivity contribution in [3.8, 4) is 23.0 Å². The maximum absolute atomic E-state index is 10.4. The number of aryl methyl sites for hydroxylation is 4. The van der Waals surface area contributed by atoms with Crippen molar-refractivity contribution in [3.63, 3.8) is 0 Å². The summed E-state index contributed by atoms with van der Waals surface area (Å²) >= 11 is 0. The van der Waals surface area contributed by atoms with Crippen LogP contribution >= 0.6 is 0 Å². The molecule has 4 rings (SSSR count). The highest BCUT2D eigenvalue weighted by Crippen LogP contribution is 2.43. The second-order valence-electron chi connectivity index (χ2n) is 27.0.